The third kappa shape index (κ3) is 9.83. The fraction of sp³-hybridized carbons (Fsp3) is 0.905. The van der Waals surface area contributed by atoms with Crippen molar-refractivity contribution in [3.8, 4) is 0 Å². The summed E-state index contributed by atoms with van der Waals surface area (Å²) in [5.74, 6) is -1.34. The van der Waals surface area contributed by atoms with Crippen LogP contribution in [0.1, 0.15) is 58.8 Å². The van der Waals surface area contributed by atoms with Crippen molar-refractivity contribution in [3.05, 3.63) is 0 Å². The second-order valence-electron chi connectivity index (χ2n) is 9.99. The largest absolute Gasteiger partial charge is 0.446 e. The Morgan fingerprint density at radius 2 is 1.80 bits per heavy atom. The first-order valence-corrected chi connectivity index (χ1v) is 15.4. The summed E-state index contributed by atoms with van der Waals surface area (Å²) in [6, 6.07) is -0.382. The highest BCUT2D eigenvalue weighted by atomic mass is 32.2. The van der Waals surface area contributed by atoms with Crippen molar-refractivity contribution < 1.29 is 40.8 Å². The van der Waals surface area contributed by atoms with Crippen LogP contribution in [0.25, 0.3) is 0 Å². The monoisotopic (exact) mass is 541 g/mol. The molecule has 204 valence electrons. The van der Waals surface area contributed by atoms with Crippen molar-refractivity contribution in [1.29, 1.82) is 0 Å². The van der Waals surface area contributed by atoms with Crippen molar-refractivity contribution in [2.45, 2.75) is 76.4 Å². The van der Waals surface area contributed by atoms with Gasteiger partial charge >= 0.3 is 6.09 Å². The number of hydrogen-bond donors (Lipinski definition) is 4. The summed E-state index contributed by atoms with van der Waals surface area (Å²) in [5, 5.41) is 15.7. The number of nitrogens with zero attached hydrogens (tertiary/aromatic N) is 1. The van der Waals surface area contributed by atoms with Gasteiger partial charge in [0.1, 0.15) is 6.10 Å². The first kappa shape index (κ1) is 29.7. The second kappa shape index (κ2) is 12.7. The van der Waals surface area contributed by atoms with E-state index in [2.05, 4.69) is 10.6 Å². The van der Waals surface area contributed by atoms with Crippen LogP contribution >= 0.6 is 0 Å². The molecule has 12 nitrogen and oxygen atoms in total. The topological polar surface area (TPSA) is 179 Å². The van der Waals surface area contributed by atoms with Gasteiger partial charge in [-0.1, -0.05) is 13.8 Å². The van der Waals surface area contributed by atoms with Gasteiger partial charge in [-0.15, -0.1) is 0 Å². The van der Waals surface area contributed by atoms with E-state index in [0.717, 1.165) is 6.26 Å². The quantitative estimate of drug-likeness (QED) is 0.258. The van der Waals surface area contributed by atoms with E-state index in [1.54, 1.807) is 0 Å². The number of ether oxygens (including phenoxy) is 1. The Morgan fingerprint density at radius 3 is 2.29 bits per heavy atom. The molecule has 4 N–H and O–H groups in total. The van der Waals surface area contributed by atoms with Gasteiger partial charge in [0, 0.05) is 37.5 Å². The Kier molecular flexibility index (Phi) is 10.8. The Hall–Kier alpha value is -1.48. The summed E-state index contributed by atoms with van der Waals surface area (Å²) >= 11 is 0. The lowest BCUT2D eigenvalue weighted by molar-refractivity contribution is -0.123. The summed E-state index contributed by atoms with van der Waals surface area (Å²) < 4.78 is 62.7. The van der Waals surface area contributed by atoms with Crippen molar-refractivity contribution in [2.24, 2.45) is 17.8 Å². The Bertz CT molecular complexity index is 932. The molecule has 35 heavy (non-hydrogen) atoms. The number of carbonyl (C=O) groups is 2. The lowest BCUT2D eigenvalue weighted by Gasteiger charge is -2.31. The molecule has 2 aliphatic rings. The number of nitrogens with one attached hydrogen (secondary N) is 2. The minimum atomic E-state index is -4.72. The predicted octanol–water partition coefficient (Wildman–Crippen LogP) is 0.680. The number of piperidine rings is 1. The van der Waals surface area contributed by atoms with Gasteiger partial charge in [0.25, 0.3) is 10.1 Å². The SMILES string of the molecule is CC(C)C[C@@H](CC[C@@H](C[C@@H]1CCNC1=O)C(O)S(=O)(=O)O)NC(=O)OC1CCN(S(C)(=O)=O)CC1. The molecule has 0 bridgehead atoms. The lowest BCUT2D eigenvalue weighted by Crippen LogP contribution is -2.43. The fourth-order valence-electron chi connectivity index (χ4n) is 4.72. The molecule has 0 aliphatic carbocycles. The van der Waals surface area contributed by atoms with Crippen LogP contribution < -0.4 is 10.6 Å². The van der Waals surface area contributed by atoms with E-state index in [9.17, 15) is 36.1 Å². The van der Waals surface area contributed by atoms with E-state index in [1.165, 1.54) is 4.31 Å². The molecular formula is C21H39N3O9S2. The van der Waals surface area contributed by atoms with Gasteiger partial charge < -0.3 is 20.5 Å². The number of aliphatic hydroxyl groups excluding tert-OH is 1. The smallest absolute Gasteiger partial charge is 0.407 e. The number of aliphatic hydroxyl groups is 1. The fourth-order valence-corrected chi connectivity index (χ4v) is 6.33. The van der Waals surface area contributed by atoms with Crippen LogP contribution in [0.15, 0.2) is 0 Å². The lowest BCUT2D eigenvalue weighted by atomic mass is 9.88. The number of amides is 2. The zero-order valence-electron chi connectivity index (χ0n) is 20.6. The average Bonchev–Trinajstić information content (AvgIpc) is 3.13. The van der Waals surface area contributed by atoms with Gasteiger partial charge in [-0.05, 0) is 50.9 Å². The van der Waals surface area contributed by atoms with Crippen LogP contribution in [0.4, 0.5) is 4.79 Å². The van der Waals surface area contributed by atoms with Crippen molar-refractivity contribution >= 4 is 32.1 Å². The Labute approximate surface area is 208 Å². The second-order valence-corrected chi connectivity index (χ2v) is 13.5. The molecule has 2 heterocycles. The first-order valence-electron chi connectivity index (χ1n) is 12.0. The molecule has 2 saturated heterocycles. The number of sulfonamides is 1. The third-order valence-electron chi connectivity index (χ3n) is 6.57. The molecule has 2 rings (SSSR count). The summed E-state index contributed by atoms with van der Waals surface area (Å²) in [6.07, 6.45) is 2.53. The maximum atomic E-state index is 12.5. The summed E-state index contributed by atoms with van der Waals surface area (Å²) in [4.78, 5) is 24.5. The zero-order chi connectivity index (χ0) is 26.4. The average molecular weight is 542 g/mol. The van der Waals surface area contributed by atoms with Crippen LogP contribution in [0, 0.1) is 17.8 Å². The van der Waals surface area contributed by atoms with Crippen LogP contribution in [0.5, 0.6) is 0 Å². The van der Waals surface area contributed by atoms with Crippen LogP contribution in [-0.2, 0) is 29.7 Å². The minimum Gasteiger partial charge on any atom is -0.446 e. The molecule has 2 aliphatic heterocycles. The molecule has 0 radical (unpaired) electrons. The Balaban J connectivity index is 1.96. The molecule has 1 unspecified atom stereocenters. The number of hydrogen-bond acceptors (Lipinski definition) is 8. The molecular weight excluding hydrogens is 502 g/mol. The highest BCUT2D eigenvalue weighted by Gasteiger charge is 2.36. The van der Waals surface area contributed by atoms with Crippen molar-refractivity contribution in [2.75, 3.05) is 25.9 Å². The molecule has 0 aromatic heterocycles. The molecule has 2 amide bonds. The highest BCUT2D eigenvalue weighted by molar-refractivity contribution is 7.88. The molecule has 0 saturated carbocycles. The van der Waals surface area contributed by atoms with E-state index in [4.69, 9.17) is 4.74 Å². The van der Waals surface area contributed by atoms with Gasteiger partial charge in [-0.3, -0.25) is 9.35 Å². The van der Waals surface area contributed by atoms with Crippen molar-refractivity contribution in [3.63, 3.8) is 0 Å². The molecule has 0 spiro atoms. The van der Waals surface area contributed by atoms with Gasteiger partial charge in [-0.2, -0.15) is 8.42 Å². The van der Waals surface area contributed by atoms with Gasteiger partial charge in [0.2, 0.25) is 15.9 Å². The number of alkyl carbamates (subject to hydrolysis) is 1. The van der Waals surface area contributed by atoms with Crippen LogP contribution in [0.3, 0.4) is 0 Å². The van der Waals surface area contributed by atoms with Crippen LogP contribution in [0.2, 0.25) is 0 Å². The van der Waals surface area contributed by atoms with E-state index in [1.807, 2.05) is 13.8 Å². The first-order chi connectivity index (χ1) is 16.2. The van der Waals surface area contributed by atoms with E-state index in [-0.39, 0.29) is 43.8 Å². The van der Waals surface area contributed by atoms with Crippen molar-refractivity contribution in [1.82, 2.24) is 14.9 Å². The third-order valence-corrected chi connectivity index (χ3v) is 8.86. The molecule has 4 atom stereocenters. The maximum Gasteiger partial charge on any atom is 0.407 e. The molecule has 0 aromatic carbocycles. The molecule has 14 heteroatoms. The minimum absolute atomic E-state index is 0.102. The predicted molar refractivity (Wildman–Crippen MR) is 128 cm³/mol. The number of carbonyl (C=O) groups excluding carboxylic acids is 2. The summed E-state index contributed by atoms with van der Waals surface area (Å²) in [5.41, 5.74) is -2.03. The van der Waals surface area contributed by atoms with Gasteiger partial charge in [0.05, 0.1) is 6.26 Å². The van der Waals surface area contributed by atoms with E-state index in [0.29, 0.717) is 38.6 Å². The summed E-state index contributed by atoms with van der Waals surface area (Å²) in [7, 11) is -8.01. The van der Waals surface area contributed by atoms with E-state index >= 15 is 0 Å². The maximum absolute atomic E-state index is 12.5. The van der Waals surface area contributed by atoms with Gasteiger partial charge in [-0.25, -0.2) is 17.5 Å². The normalized spacial score (nSPS) is 23.0. The Morgan fingerprint density at radius 1 is 1.17 bits per heavy atom. The van der Waals surface area contributed by atoms with Gasteiger partial charge in [0.15, 0.2) is 5.44 Å². The standard InChI is InChI=1S/C21H39N3O9S2/c1-14(2)12-17(23-21(27)33-18-7-10-24(11-8-18)34(3,28)29)5-4-16(20(26)35(30,31)32)13-15-6-9-22-19(15)25/h14-18,20,26H,4-13H2,1-3H3,(H,22,25)(H,23,27)(H,30,31,32)/t15-,16-,17+,20?/m0/s1. The van der Waals surface area contributed by atoms with Crippen LogP contribution in [-0.4, -0.2) is 86.3 Å². The van der Waals surface area contributed by atoms with E-state index < -0.39 is 49.6 Å². The summed E-state index contributed by atoms with van der Waals surface area (Å²) in [6.45, 7) is 4.96. The zero-order valence-corrected chi connectivity index (χ0v) is 22.2. The molecule has 0 aromatic rings. The highest BCUT2D eigenvalue weighted by Crippen LogP contribution is 2.29. The number of rotatable bonds is 12. The molecule has 2 fully saturated rings.